The van der Waals surface area contributed by atoms with Gasteiger partial charge in [0.25, 0.3) is 5.91 Å². The van der Waals surface area contributed by atoms with E-state index in [2.05, 4.69) is 20.9 Å². The van der Waals surface area contributed by atoms with Gasteiger partial charge in [-0.1, -0.05) is 53.0 Å². The molecule has 0 N–H and O–H groups in total. The van der Waals surface area contributed by atoms with Gasteiger partial charge in [0.2, 0.25) is 0 Å². The van der Waals surface area contributed by atoms with E-state index >= 15 is 0 Å². The normalized spacial score (nSPS) is 15.5. The minimum absolute atomic E-state index is 0.0621. The number of carbonyl (C=O) groups excluding carboxylic acids is 1. The van der Waals surface area contributed by atoms with E-state index in [1.807, 2.05) is 41.3 Å². The van der Waals surface area contributed by atoms with Crippen LogP contribution in [0.2, 0.25) is 0 Å². The molecule has 0 aliphatic heterocycles. The van der Waals surface area contributed by atoms with E-state index in [1.54, 1.807) is 0 Å². The van der Waals surface area contributed by atoms with E-state index in [4.69, 9.17) is 0 Å². The molecule has 21 heavy (non-hydrogen) atoms. The molecule has 1 saturated carbocycles. The lowest BCUT2D eigenvalue weighted by Gasteiger charge is -2.28. The highest BCUT2D eigenvalue weighted by atomic mass is 79.9. The quantitative estimate of drug-likeness (QED) is 0.783. The summed E-state index contributed by atoms with van der Waals surface area (Å²) in [6, 6.07) is 12.1. The Labute approximate surface area is 133 Å². The minimum Gasteiger partial charge on any atom is -0.333 e. The summed E-state index contributed by atoms with van der Waals surface area (Å²) in [5.74, 6) is 0.0621. The van der Waals surface area contributed by atoms with E-state index in [0.29, 0.717) is 11.7 Å². The zero-order valence-corrected chi connectivity index (χ0v) is 13.6. The van der Waals surface area contributed by atoms with Crippen LogP contribution in [-0.4, -0.2) is 33.7 Å². The van der Waals surface area contributed by atoms with Crippen LogP contribution in [0.1, 0.15) is 36.2 Å². The number of pyridine rings is 1. The molecule has 4 heteroatoms. The molecular formula is C17H19BrN2O. The van der Waals surface area contributed by atoms with Gasteiger partial charge in [0, 0.05) is 23.3 Å². The average molecular weight is 347 g/mol. The molecule has 1 aromatic heterocycles. The first kappa shape index (κ1) is 14.5. The first-order valence-electron chi connectivity index (χ1n) is 7.52. The average Bonchev–Trinajstić information content (AvgIpc) is 3.05. The van der Waals surface area contributed by atoms with Gasteiger partial charge in [0.05, 0.1) is 5.52 Å². The van der Waals surface area contributed by atoms with Crippen molar-refractivity contribution in [2.75, 3.05) is 11.9 Å². The van der Waals surface area contributed by atoms with E-state index < -0.39 is 0 Å². The van der Waals surface area contributed by atoms with Crippen LogP contribution in [0.15, 0.2) is 36.4 Å². The van der Waals surface area contributed by atoms with Gasteiger partial charge >= 0.3 is 0 Å². The molecule has 1 aliphatic carbocycles. The number of hydrogen-bond acceptors (Lipinski definition) is 2. The van der Waals surface area contributed by atoms with Crippen LogP contribution in [0.4, 0.5) is 0 Å². The first-order valence-corrected chi connectivity index (χ1v) is 8.64. The third-order valence-corrected chi connectivity index (χ3v) is 4.52. The van der Waals surface area contributed by atoms with Crippen LogP contribution in [0.5, 0.6) is 0 Å². The van der Waals surface area contributed by atoms with Crippen LogP contribution in [-0.2, 0) is 0 Å². The Bertz CT molecular complexity index is 637. The third kappa shape index (κ3) is 3.10. The topological polar surface area (TPSA) is 33.2 Å². The second kappa shape index (κ2) is 6.56. The Morgan fingerprint density at radius 3 is 2.71 bits per heavy atom. The first-order chi connectivity index (χ1) is 10.3. The summed E-state index contributed by atoms with van der Waals surface area (Å²) in [7, 11) is 0. The summed E-state index contributed by atoms with van der Waals surface area (Å²) in [5, 5.41) is 1.88. The molecule has 1 amide bonds. The maximum Gasteiger partial charge on any atom is 0.272 e. The van der Waals surface area contributed by atoms with Crippen LogP contribution in [0.25, 0.3) is 10.9 Å². The van der Waals surface area contributed by atoms with Crippen molar-refractivity contribution in [3.63, 3.8) is 0 Å². The molecule has 0 unspecified atom stereocenters. The summed E-state index contributed by atoms with van der Waals surface area (Å²) < 4.78 is 0. The highest BCUT2D eigenvalue weighted by Gasteiger charge is 2.27. The molecule has 0 bridgehead atoms. The number of halogens is 1. The Morgan fingerprint density at radius 2 is 1.95 bits per heavy atom. The van der Waals surface area contributed by atoms with Gasteiger partial charge in [-0.15, -0.1) is 0 Å². The molecule has 110 valence electrons. The fourth-order valence-corrected chi connectivity index (χ4v) is 3.47. The van der Waals surface area contributed by atoms with Crippen molar-refractivity contribution in [1.29, 1.82) is 0 Å². The lowest BCUT2D eigenvalue weighted by Crippen LogP contribution is -2.40. The fraction of sp³-hybridized carbons (Fsp3) is 0.412. The SMILES string of the molecule is O=C(c1ccc2ccccc2n1)N(CCBr)C1CCCC1. The number of hydrogen-bond donors (Lipinski definition) is 0. The number of aromatic nitrogens is 1. The third-order valence-electron chi connectivity index (χ3n) is 4.17. The Morgan fingerprint density at radius 1 is 1.19 bits per heavy atom. The summed E-state index contributed by atoms with van der Waals surface area (Å²) in [5.41, 5.74) is 1.44. The number of fused-ring (bicyclic) bond motifs is 1. The number of amides is 1. The number of carbonyl (C=O) groups is 1. The van der Waals surface area contributed by atoms with Crippen LogP contribution in [0.3, 0.4) is 0 Å². The maximum atomic E-state index is 12.8. The maximum absolute atomic E-state index is 12.8. The van der Waals surface area contributed by atoms with Gasteiger partial charge in [0.15, 0.2) is 0 Å². The highest BCUT2D eigenvalue weighted by molar-refractivity contribution is 9.09. The Kier molecular flexibility index (Phi) is 4.54. The molecule has 0 atom stereocenters. The van der Waals surface area contributed by atoms with Gasteiger partial charge in [-0.05, 0) is 25.0 Å². The van der Waals surface area contributed by atoms with Crippen molar-refractivity contribution in [3.8, 4) is 0 Å². The van der Waals surface area contributed by atoms with Crippen molar-refractivity contribution in [2.45, 2.75) is 31.7 Å². The standard InChI is InChI=1S/C17H19BrN2O/c18-11-12-20(14-6-2-3-7-14)17(21)16-10-9-13-5-1-4-8-15(13)19-16/h1,4-5,8-10,14H,2-3,6-7,11-12H2. The van der Waals surface area contributed by atoms with Gasteiger partial charge in [-0.2, -0.15) is 0 Å². The molecule has 0 spiro atoms. The Hall–Kier alpha value is -1.42. The number of nitrogens with zero attached hydrogens (tertiary/aromatic N) is 2. The predicted octanol–water partition coefficient (Wildman–Crippen LogP) is 4.01. The van der Waals surface area contributed by atoms with E-state index in [1.165, 1.54) is 12.8 Å². The number of rotatable bonds is 4. The molecule has 1 fully saturated rings. The van der Waals surface area contributed by atoms with E-state index in [-0.39, 0.29) is 5.91 Å². The van der Waals surface area contributed by atoms with Crippen molar-refractivity contribution in [2.24, 2.45) is 0 Å². The fourth-order valence-electron chi connectivity index (χ4n) is 3.09. The lowest BCUT2D eigenvalue weighted by atomic mass is 10.1. The van der Waals surface area contributed by atoms with Gasteiger partial charge < -0.3 is 4.90 Å². The summed E-state index contributed by atoms with van der Waals surface area (Å²) in [6.07, 6.45) is 4.68. The van der Waals surface area contributed by atoms with E-state index in [0.717, 1.165) is 35.6 Å². The molecule has 3 nitrogen and oxygen atoms in total. The molecule has 3 rings (SSSR count). The van der Waals surface area contributed by atoms with E-state index in [9.17, 15) is 4.79 Å². The molecular weight excluding hydrogens is 328 g/mol. The molecule has 0 saturated heterocycles. The van der Waals surface area contributed by atoms with Gasteiger partial charge in [-0.3, -0.25) is 4.79 Å². The smallest absolute Gasteiger partial charge is 0.272 e. The van der Waals surface area contributed by atoms with Gasteiger partial charge in [0.1, 0.15) is 5.69 Å². The minimum atomic E-state index is 0.0621. The lowest BCUT2D eigenvalue weighted by molar-refractivity contribution is 0.0690. The second-order valence-corrected chi connectivity index (χ2v) is 6.31. The van der Waals surface area contributed by atoms with Crippen LogP contribution in [0, 0.1) is 0 Å². The Balaban J connectivity index is 1.89. The summed E-state index contributed by atoms with van der Waals surface area (Å²) >= 11 is 3.46. The number of benzene rings is 1. The van der Waals surface area contributed by atoms with Crippen molar-refractivity contribution in [1.82, 2.24) is 9.88 Å². The van der Waals surface area contributed by atoms with Crippen molar-refractivity contribution >= 4 is 32.7 Å². The summed E-state index contributed by atoms with van der Waals surface area (Å²) in [4.78, 5) is 19.4. The second-order valence-electron chi connectivity index (χ2n) is 5.52. The van der Waals surface area contributed by atoms with Crippen LogP contribution < -0.4 is 0 Å². The van der Waals surface area contributed by atoms with Gasteiger partial charge in [-0.25, -0.2) is 4.98 Å². The summed E-state index contributed by atoms with van der Waals surface area (Å²) in [6.45, 7) is 0.748. The highest BCUT2D eigenvalue weighted by Crippen LogP contribution is 2.25. The number of para-hydroxylation sites is 1. The predicted molar refractivity (Wildman–Crippen MR) is 88.8 cm³/mol. The zero-order valence-electron chi connectivity index (χ0n) is 12.0. The number of alkyl halides is 1. The molecule has 1 aromatic carbocycles. The zero-order chi connectivity index (χ0) is 14.7. The monoisotopic (exact) mass is 346 g/mol. The molecule has 2 aromatic rings. The van der Waals surface area contributed by atoms with Crippen molar-refractivity contribution in [3.05, 3.63) is 42.1 Å². The van der Waals surface area contributed by atoms with Crippen LogP contribution >= 0.6 is 15.9 Å². The van der Waals surface area contributed by atoms with Crippen molar-refractivity contribution < 1.29 is 4.79 Å². The molecule has 1 heterocycles. The largest absolute Gasteiger partial charge is 0.333 e. The molecule has 1 aliphatic rings. The molecule has 0 radical (unpaired) electrons.